The first-order valence-corrected chi connectivity index (χ1v) is 23.2. The van der Waals surface area contributed by atoms with Gasteiger partial charge in [0.25, 0.3) is 0 Å². The quantitative estimate of drug-likeness (QED) is 0.162. The number of hydrogen-bond acceptors (Lipinski definition) is 3. The Morgan fingerprint density at radius 2 is 0.912 bits per heavy atom. The largest absolute Gasteiger partial charge is 0.417 e. The molecule has 0 aliphatic carbocycles. The molecule has 0 saturated carbocycles. The summed E-state index contributed by atoms with van der Waals surface area (Å²) >= 11 is 3.35. The Hall–Kier alpha value is -7.91. The van der Waals surface area contributed by atoms with E-state index in [1.54, 1.807) is 46.9 Å². The van der Waals surface area contributed by atoms with Crippen molar-refractivity contribution in [1.29, 1.82) is 5.26 Å². The SMILES string of the molecule is N#Cc1ccc(-c2cc(-c3c(C(F)(F)F)cccc3C(F)(F)F)ccc2-n2c3ccccc3c3c4sc5ccccc5c4ccc32)c(-n2c3ccccc3c3c4sc5ccccc5c4ccc32)c1. The minimum absolute atomic E-state index is 0.263. The van der Waals surface area contributed by atoms with Crippen molar-refractivity contribution < 1.29 is 26.3 Å². The van der Waals surface area contributed by atoms with Crippen LogP contribution in [0.15, 0.2) is 176 Å². The predicted molar refractivity (Wildman–Crippen MR) is 266 cm³/mol. The van der Waals surface area contributed by atoms with Gasteiger partial charge < -0.3 is 9.13 Å². The maximum Gasteiger partial charge on any atom is 0.417 e. The van der Waals surface area contributed by atoms with Gasteiger partial charge in [-0.05, 0) is 78.4 Å². The highest BCUT2D eigenvalue weighted by Gasteiger charge is 2.41. The van der Waals surface area contributed by atoms with E-state index in [9.17, 15) is 31.6 Å². The highest BCUT2D eigenvalue weighted by molar-refractivity contribution is 7.27. The molecule has 0 radical (unpaired) electrons. The number of aromatic nitrogens is 2. The van der Waals surface area contributed by atoms with Crippen molar-refractivity contribution in [2.45, 2.75) is 12.4 Å². The second-order valence-electron chi connectivity index (χ2n) is 16.9. The third kappa shape index (κ3) is 5.84. The summed E-state index contributed by atoms with van der Waals surface area (Å²) in [5, 5.41) is 18.7. The lowest BCUT2D eigenvalue weighted by molar-refractivity contribution is -0.142. The molecule has 3 nitrogen and oxygen atoms in total. The van der Waals surface area contributed by atoms with Gasteiger partial charge in [-0.25, -0.2) is 0 Å². The summed E-state index contributed by atoms with van der Waals surface area (Å²) in [5.41, 5.74) is 1.45. The zero-order valence-electron chi connectivity index (χ0n) is 35.2. The average Bonchev–Trinajstić information content (AvgIpc) is 4.10. The van der Waals surface area contributed by atoms with Gasteiger partial charge in [-0.3, -0.25) is 0 Å². The monoisotopic (exact) mass is 933 g/mol. The Balaban J connectivity index is 1.18. The summed E-state index contributed by atoms with van der Waals surface area (Å²) in [4.78, 5) is 0. The number of thiophene rings is 2. The first kappa shape index (κ1) is 40.4. The molecule has 326 valence electrons. The first-order chi connectivity index (χ1) is 33.0. The van der Waals surface area contributed by atoms with Crippen molar-refractivity contribution in [1.82, 2.24) is 9.13 Å². The highest BCUT2D eigenvalue weighted by Crippen LogP contribution is 2.50. The molecule has 4 aromatic heterocycles. The third-order valence-electron chi connectivity index (χ3n) is 13.2. The van der Waals surface area contributed by atoms with Crippen LogP contribution < -0.4 is 0 Å². The zero-order chi connectivity index (χ0) is 46.2. The molecule has 0 aliphatic heterocycles. The summed E-state index contributed by atoms with van der Waals surface area (Å²) < 4.78 is 98.4. The molecule has 0 spiro atoms. The smallest absolute Gasteiger partial charge is 0.309 e. The predicted octanol–water partition coefficient (Wildman–Crippen LogP) is 17.9. The second-order valence-corrected chi connectivity index (χ2v) is 19.0. The molecular formula is C57H29F6N3S2. The molecule has 0 amide bonds. The van der Waals surface area contributed by atoms with Crippen LogP contribution in [0.3, 0.4) is 0 Å². The molecule has 13 rings (SSSR count). The van der Waals surface area contributed by atoms with Gasteiger partial charge in [-0.15, -0.1) is 22.7 Å². The first-order valence-electron chi connectivity index (χ1n) is 21.6. The minimum Gasteiger partial charge on any atom is -0.309 e. The number of alkyl halides is 6. The summed E-state index contributed by atoms with van der Waals surface area (Å²) in [7, 11) is 0. The summed E-state index contributed by atoms with van der Waals surface area (Å²) in [6.45, 7) is 0. The van der Waals surface area contributed by atoms with E-state index in [1.807, 2.05) is 72.8 Å². The van der Waals surface area contributed by atoms with Crippen LogP contribution in [0.4, 0.5) is 26.3 Å². The Morgan fingerprint density at radius 1 is 0.412 bits per heavy atom. The van der Waals surface area contributed by atoms with E-state index in [0.29, 0.717) is 40.2 Å². The van der Waals surface area contributed by atoms with E-state index in [0.717, 1.165) is 90.0 Å². The van der Waals surface area contributed by atoms with Crippen molar-refractivity contribution in [3.63, 3.8) is 0 Å². The number of benzene rings is 9. The maximum atomic E-state index is 15.0. The van der Waals surface area contributed by atoms with Crippen molar-refractivity contribution >= 4 is 107 Å². The molecule has 11 heteroatoms. The molecule has 9 aromatic carbocycles. The number of hydrogen-bond donors (Lipinski definition) is 0. The van der Waals surface area contributed by atoms with Gasteiger partial charge in [0.15, 0.2) is 0 Å². The number of fused-ring (bicyclic) bond motifs is 14. The van der Waals surface area contributed by atoms with Crippen molar-refractivity contribution in [3.05, 3.63) is 193 Å². The lowest BCUT2D eigenvalue weighted by atomic mass is 9.90. The molecule has 0 aliphatic rings. The Morgan fingerprint density at radius 3 is 1.44 bits per heavy atom. The lowest BCUT2D eigenvalue weighted by Crippen LogP contribution is -2.14. The molecular weight excluding hydrogens is 905 g/mol. The van der Waals surface area contributed by atoms with Gasteiger partial charge in [-0.2, -0.15) is 31.6 Å². The van der Waals surface area contributed by atoms with Crippen molar-refractivity contribution in [3.8, 4) is 39.7 Å². The van der Waals surface area contributed by atoms with Crippen LogP contribution in [0.25, 0.3) is 118 Å². The van der Waals surface area contributed by atoms with E-state index in [4.69, 9.17) is 0 Å². The van der Waals surface area contributed by atoms with Crippen LogP contribution in [0.2, 0.25) is 0 Å². The van der Waals surface area contributed by atoms with E-state index in [1.165, 1.54) is 12.1 Å². The van der Waals surface area contributed by atoms with Gasteiger partial charge in [-0.1, -0.05) is 103 Å². The number of rotatable bonds is 4. The minimum atomic E-state index is -5.11. The van der Waals surface area contributed by atoms with Crippen LogP contribution in [0.5, 0.6) is 0 Å². The summed E-state index contributed by atoms with van der Waals surface area (Å²) in [5.74, 6) is 0. The standard InChI is InChI=1S/C57H29F6N3S2/c58-56(59,60)41-14-9-15-42(57(61,62)63)51(41)32-21-25-45(65-43-16-5-1-12-38(43)52-46(65)26-23-36-34-10-3-7-18-49(34)67-54(36)52)40(29-32)33-22-20-31(30-64)28-48(33)66-44-17-6-2-13-39(44)53-47(66)27-24-37-35-11-4-8-19-50(35)68-55(37)53/h1-29H. The molecule has 68 heavy (non-hydrogen) atoms. The second kappa shape index (κ2) is 14.5. The van der Waals surface area contributed by atoms with Gasteiger partial charge in [0, 0.05) is 78.6 Å². The third-order valence-corrected chi connectivity index (χ3v) is 15.6. The molecule has 0 unspecified atom stereocenters. The maximum absolute atomic E-state index is 15.0. The Labute approximate surface area is 390 Å². The van der Waals surface area contributed by atoms with Crippen molar-refractivity contribution in [2.24, 2.45) is 0 Å². The molecule has 0 atom stereocenters. The summed E-state index contributed by atoms with van der Waals surface area (Å²) in [6.07, 6.45) is -10.2. The van der Waals surface area contributed by atoms with Gasteiger partial charge in [0.2, 0.25) is 0 Å². The van der Waals surface area contributed by atoms with Gasteiger partial charge in [0.1, 0.15) is 0 Å². The van der Waals surface area contributed by atoms with E-state index in [-0.39, 0.29) is 5.56 Å². The van der Waals surface area contributed by atoms with E-state index >= 15 is 0 Å². The zero-order valence-corrected chi connectivity index (χ0v) is 36.8. The van der Waals surface area contributed by atoms with Crippen LogP contribution in [-0.4, -0.2) is 9.13 Å². The molecule has 0 bridgehead atoms. The summed E-state index contributed by atoms with van der Waals surface area (Å²) in [6, 6.07) is 54.6. The number of para-hydroxylation sites is 2. The molecule has 0 saturated heterocycles. The van der Waals surface area contributed by atoms with Crippen LogP contribution in [0, 0.1) is 11.3 Å². The topological polar surface area (TPSA) is 33.6 Å². The van der Waals surface area contributed by atoms with E-state index < -0.39 is 29.0 Å². The number of halogens is 6. The molecule has 0 N–H and O–H groups in total. The number of nitrogens with zero attached hydrogens (tertiary/aromatic N) is 3. The fourth-order valence-electron chi connectivity index (χ4n) is 10.4. The van der Waals surface area contributed by atoms with Crippen LogP contribution in [-0.2, 0) is 12.4 Å². The number of nitriles is 1. The van der Waals surface area contributed by atoms with Crippen LogP contribution in [0.1, 0.15) is 16.7 Å². The fraction of sp³-hybridized carbons (Fsp3) is 0.0351. The molecule has 13 aromatic rings. The Kier molecular flexibility index (Phi) is 8.63. The fourth-order valence-corrected chi connectivity index (χ4v) is 13.0. The molecule has 4 heterocycles. The lowest BCUT2D eigenvalue weighted by Gasteiger charge is -2.22. The Bertz CT molecular complexity index is 4300. The average molecular weight is 934 g/mol. The van der Waals surface area contributed by atoms with Gasteiger partial charge >= 0.3 is 12.4 Å². The normalized spacial score (nSPS) is 12.5. The van der Waals surface area contributed by atoms with E-state index in [2.05, 4.69) is 63.7 Å². The van der Waals surface area contributed by atoms with Crippen molar-refractivity contribution in [2.75, 3.05) is 0 Å². The molecule has 0 fully saturated rings. The van der Waals surface area contributed by atoms with Crippen LogP contribution >= 0.6 is 22.7 Å². The van der Waals surface area contributed by atoms with Gasteiger partial charge in [0.05, 0.1) is 56.2 Å². The highest BCUT2D eigenvalue weighted by atomic mass is 32.1.